The van der Waals surface area contributed by atoms with Gasteiger partial charge in [0.15, 0.2) is 0 Å². The topological polar surface area (TPSA) is 30.0 Å². The molecule has 0 unspecified atom stereocenters. The number of aldehydes is 1. The van der Waals surface area contributed by atoms with E-state index >= 15 is 0 Å². The van der Waals surface area contributed by atoms with Crippen molar-refractivity contribution < 1.29 is 4.79 Å². The molecule has 0 aromatic carbocycles. The van der Waals surface area contributed by atoms with Crippen molar-refractivity contribution in [2.24, 2.45) is 0 Å². The molecule has 1 heterocycles. The molecule has 0 amide bonds. The van der Waals surface area contributed by atoms with E-state index in [0.29, 0.717) is 0 Å². The Bertz CT molecular complexity index is 279. The summed E-state index contributed by atoms with van der Waals surface area (Å²) in [6, 6.07) is 3.76. The summed E-state index contributed by atoms with van der Waals surface area (Å²) >= 11 is 0. The van der Waals surface area contributed by atoms with Gasteiger partial charge in [0, 0.05) is 11.9 Å². The molecule has 11 heavy (non-hydrogen) atoms. The Balaban J connectivity index is 2.94. The number of aryl methyl sites for hydroxylation is 1. The number of pyridine rings is 1. The molecule has 1 rings (SSSR count). The molecule has 0 fully saturated rings. The van der Waals surface area contributed by atoms with Crippen molar-refractivity contribution >= 4 is 12.4 Å². The SMILES string of the molecule is Cc1ncccc1/C=C/C=O. The summed E-state index contributed by atoms with van der Waals surface area (Å²) in [5, 5.41) is 0. The van der Waals surface area contributed by atoms with Crippen LogP contribution in [0.1, 0.15) is 11.3 Å². The Labute approximate surface area is 65.6 Å². The van der Waals surface area contributed by atoms with Crippen molar-refractivity contribution in [3.05, 3.63) is 35.7 Å². The zero-order valence-electron chi connectivity index (χ0n) is 6.32. The van der Waals surface area contributed by atoms with Gasteiger partial charge in [-0.3, -0.25) is 9.78 Å². The highest BCUT2D eigenvalue weighted by molar-refractivity contribution is 5.74. The zero-order chi connectivity index (χ0) is 8.10. The summed E-state index contributed by atoms with van der Waals surface area (Å²) < 4.78 is 0. The van der Waals surface area contributed by atoms with Crippen molar-refractivity contribution in [1.82, 2.24) is 4.98 Å². The minimum atomic E-state index is 0.756. The lowest BCUT2D eigenvalue weighted by molar-refractivity contribution is -0.104. The van der Waals surface area contributed by atoms with Gasteiger partial charge in [-0.2, -0.15) is 0 Å². The fourth-order valence-corrected chi connectivity index (χ4v) is 0.816. The third-order valence-electron chi connectivity index (χ3n) is 1.40. The second-order valence-electron chi connectivity index (χ2n) is 2.17. The Hall–Kier alpha value is -1.44. The first-order valence-electron chi connectivity index (χ1n) is 3.38. The number of hydrogen-bond donors (Lipinski definition) is 0. The van der Waals surface area contributed by atoms with E-state index in [4.69, 9.17) is 0 Å². The maximum Gasteiger partial charge on any atom is 0.142 e. The summed E-state index contributed by atoms with van der Waals surface area (Å²) in [5.74, 6) is 0. The van der Waals surface area contributed by atoms with Crippen molar-refractivity contribution in [2.75, 3.05) is 0 Å². The summed E-state index contributed by atoms with van der Waals surface area (Å²) in [6.07, 6.45) is 5.69. The number of carbonyl (C=O) groups excluding carboxylic acids is 1. The molecule has 0 aliphatic carbocycles. The average Bonchev–Trinajstić information content (AvgIpc) is 2.03. The number of allylic oxidation sites excluding steroid dienone is 1. The minimum absolute atomic E-state index is 0.756. The van der Waals surface area contributed by atoms with E-state index < -0.39 is 0 Å². The van der Waals surface area contributed by atoms with E-state index in [1.807, 2.05) is 19.1 Å². The van der Waals surface area contributed by atoms with Crippen LogP contribution in [0.2, 0.25) is 0 Å². The number of hydrogen-bond acceptors (Lipinski definition) is 2. The predicted molar refractivity (Wildman–Crippen MR) is 44.1 cm³/mol. The Morgan fingerprint density at radius 2 is 2.36 bits per heavy atom. The van der Waals surface area contributed by atoms with Crippen LogP contribution in [0.4, 0.5) is 0 Å². The first-order valence-corrected chi connectivity index (χ1v) is 3.38. The van der Waals surface area contributed by atoms with Gasteiger partial charge in [0.1, 0.15) is 6.29 Å². The number of rotatable bonds is 2. The highest BCUT2D eigenvalue weighted by Gasteiger charge is 1.90. The molecular weight excluding hydrogens is 138 g/mol. The van der Waals surface area contributed by atoms with Gasteiger partial charge in [0.2, 0.25) is 0 Å². The predicted octanol–water partition coefficient (Wildman–Crippen LogP) is 1.60. The van der Waals surface area contributed by atoms with Crippen LogP contribution in [0.15, 0.2) is 24.4 Å². The van der Waals surface area contributed by atoms with E-state index in [0.717, 1.165) is 17.5 Å². The molecule has 0 atom stereocenters. The summed E-state index contributed by atoms with van der Waals surface area (Å²) in [5.41, 5.74) is 1.92. The van der Waals surface area contributed by atoms with Crippen LogP contribution >= 0.6 is 0 Å². The first-order chi connectivity index (χ1) is 5.34. The lowest BCUT2D eigenvalue weighted by Crippen LogP contribution is -1.83. The van der Waals surface area contributed by atoms with E-state index in [-0.39, 0.29) is 0 Å². The van der Waals surface area contributed by atoms with Gasteiger partial charge in [0.25, 0.3) is 0 Å². The maximum atomic E-state index is 9.98. The van der Waals surface area contributed by atoms with Gasteiger partial charge in [-0.1, -0.05) is 6.07 Å². The molecule has 0 spiro atoms. The highest BCUT2D eigenvalue weighted by atomic mass is 16.1. The summed E-state index contributed by atoms with van der Waals surface area (Å²) in [4.78, 5) is 14.0. The normalized spacial score (nSPS) is 10.3. The van der Waals surface area contributed by atoms with Crippen molar-refractivity contribution in [2.45, 2.75) is 6.92 Å². The summed E-state index contributed by atoms with van der Waals surface area (Å²) in [7, 11) is 0. The van der Waals surface area contributed by atoms with Crippen LogP contribution in [-0.4, -0.2) is 11.3 Å². The monoisotopic (exact) mass is 147 g/mol. The Kier molecular flexibility index (Phi) is 2.55. The van der Waals surface area contributed by atoms with E-state index in [1.54, 1.807) is 12.3 Å². The minimum Gasteiger partial charge on any atom is -0.299 e. The molecule has 1 aromatic rings. The van der Waals surface area contributed by atoms with Gasteiger partial charge < -0.3 is 0 Å². The standard InChI is InChI=1S/C9H9NO/c1-8-9(5-3-7-11)4-2-6-10-8/h2-7H,1H3/b5-3+. The van der Waals surface area contributed by atoms with Crippen molar-refractivity contribution in [3.8, 4) is 0 Å². The van der Waals surface area contributed by atoms with Crippen LogP contribution in [0.5, 0.6) is 0 Å². The quantitative estimate of drug-likeness (QED) is 0.469. The molecule has 2 nitrogen and oxygen atoms in total. The number of carbonyl (C=O) groups is 1. The molecule has 0 aliphatic heterocycles. The van der Waals surface area contributed by atoms with Gasteiger partial charge in [0.05, 0.1) is 0 Å². The second-order valence-corrected chi connectivity index (χ2v) is 2.17. The average molecular weight is 147 g/mol. The molecule has 0 bridgehead atoms. The molecule has 0 radical (unpaired) electrons. The molecule has 2 heteroatoms. The second kappa shape index (κ2) is 3.66. The molecule has 56 valence electrons. The number of nitrogens with zero attached hydrogens (tertiary/aromatic N) is 1. The molecule has 0 saturated carbocycles. The van der Waals surface area contributed by atoms with Gasteiger partial charge >= 0.3 is 0 Å². The lowest BCUT2D eigenvalue weighted by atomic mass is 10.2. The van der Waals surface area contributed by atoms with E-state index in [9.17, 15) is 4.79 Å². The van der Waals surface area contributed by atoms with Crippen LogP contribution in [-0.2, 0) is 4.79 Å². The smallest absolute Gasteiger partial charge is 0.142 e. The largest absolute Gasteiger partial charge is 0.299 e. The molecule has 0 saturated heterocycles. The third kappa shape index (κ3) is 2.00. The van der Waals surface area contributed by atoms with Gasteiger partial charge in [-0.15, -0.1) is 0 Å². The molecular formula is C9H9NO. The lowest BCUT2D eigenvalue weighted by Gasteiger charge is -1.94. The molecule has 1 aromatic heterocycles. The highest BCUT2D eigenvalue weighted by Crippen LogP contribution is 2.04. The van der Waals surface area contributed by atoms with E-state index in [1.165, 1.54) is 6.08 Å². The zero-order valence-corrected chi connectivity index (χ0v) is 6.32. The summed E-state index contributed by atoms with van der Waals surface area (Å²) in [6.45, 7) is 1.91. The van der Waals surface area contributed by atoms with Crippen LogP contribution in [0, 0.1) is 6.92 Å². The van der Waals surface area contributed by atoms with Crippen molar-refractivity contribution in [3.63, 3.8) is 0 Å². The van der Waals surface area contributed by atoms with Gasteiger partial charge in [-0.25, -0.2) is 0 Å². The molecule has 0 aliphatic rings. The van der Waals surface area contributed by atoms with Crippen LogP contribution < -0.4 is 0 Å². The molecule has 0 N–H and O–H groups in total. The van der Waals surface area contributed by atoms with Crippen molar-refractivity contribution in [1.29, 1.82) is 0 Å². The Morgan fingerprint density at radius 1 is 1.55 bits per heavy atom. The fourth-order valence-electron chi connectivity index (χ4n) is 0.816. The number of aromatic nitrogens is 1. The fraction of sp³-hybridized carbons (Fsp3) is 0.111. The maximum absolute atomic E-state index is 9.98. The Morgan fingerprint density at radius 3 is 3.00 bits per heavy atom. The van der Waals surface area contributed by atoms with Gasteiger partial charge in [-0.05, 0) is 30.7 Å². The van der Waals surface area contributed by atoms with E-state index in [2.05, 4.69) is 4.98 Å². The van der Waals surface area contributed by atoms with Crippen LogP contribution in [0.3, 0.4) is 0 Å². The third-order valence-corrected chi connectivity index (χ3v) is 1.40. The first kappa shape index (κ1) is 7.66. The van der Waals surface area contributed by atoms with Crippen LogP contribution in [0.25, 0.3) is 6.08 Å².